The zero-order valence-electron chi connectivity index (χ0n) is 14.0. The molecule has 0 aromatic heterocycles. The second-order valence-electron chi connectivity index (χ2n) is 5.48. The normalized spacial score (nSPS) is 11.6. The van der Waals surface area contributed by atoms with E-state index in [0.29, 0.717) is 5.56 Å². The highest BCUT2D eigenvalue weighted by Gasteiger charge is 2.13. The quantitative estimate of drug-likeness (QED) is 0.883. The predicted octanol–water partition coefficient (Wildman–Crippen LogP) is 3.73. The van der Waals surface area contributed by atoms with Crippen molar-refractivity contribution in [3.05, 3.63) is 58.7 Å². The second kappa shape index (κ2) is 7.66. The van der Waals surface area contributed by atoms with E-state index in [2.05, 4.69) is 25.2 Å². The maximum absolute atomic E-state index is 8.83. The maximum atomic E-state index is 8.83. The van der Waals surface area contributed by atoms with E-state index in [-0.39, 0.29) is 6.04 Å². The van der Waals surface area contributed by atoms with Crippen LogP contribution >= 0.6 is 0 Å². The highest BCUT2D eigenvalue weighted by molar-refractivity contribution is 5.48. The van der Waals surface area contributed by atoms with Crippen molar-refractivity contribution in [3.63, 3.8) is 0 Å². The summed E-state index contributed by atoms with van der Waals surface area (Å²) in [4.78, 5) is 0. The Morgan fingerprint density at radius 2 is 1.70 bits per heavy atom. The fourth-order valence-electron chi connectivity index (χ4n) is 2.54. The first-order valence-corrected chi connectivity index (χ1v) is 7.54. The lowest BCUT2D eigenvalue weighted by atomic mass is 10.0. The Kier molecular flexibility index (Phi) is 5.61. The predicted molar refractivity (Wildman–Crippen MR) is 90.7 cm³/mol. The number of hydrogen-bond acceptors (Lipinski definition) is 4. The molecule has 0 fully saturated rings. The van der Waals surface area contributed by atoms with Crippen LogP contribution in [0.3, 0.4) is 0 Å². The molecule has 1 atom stereocenters. The van der Waals surface area contributed by atoms with E-state index in [1.54, 1.807) is 14.2 Å². The van der Waals surface area contributed by atoms with E-state index in [1.165, 1.54) is 5.56 Å². The summed E-state index contributed by atoms with van der Waals surface area (Å²) in [6.45, 7) is 4.93. The molecule has 2 aromatic rings. The van der Waals surface area contributed by atoms with E-state index in [9.17, 15) is 0 Å². The number of hydrogen-bond donors (Lipinski definition) is 1. The average molecular weight is 310 g/mol. The van der Waals surface area contributed by atoms with Gasteiger partial charge < -0.3 is 14.8 Å². The fraction of sp³-hybridized carbons (Fsp3) is 0.316. The van der Waals surface area contributed by atoms with Crippen LogP contribution in [0.1, 0.15) is 35.2 Å². The summed E-state index contributed by atoms with van der Waals surface area (Å²) in [5.74, 6) is 1.48. The van der Waals surface area contributed by atoms with Crippen molar-refractivity contribution < 1.29 is 9.47 Å². The Morgan fingerprint density at radius 1 is 1.09 bits per heavy atom. The van der Waals surface area contributed by atoms with Gasteiger partial charge in [0.1, 0.15) is 0 Å². The first-order chi connectivity index (χ1) is 11.1. The van der Waals surface area contributed by atoms with Crippen molar-refractivity contribution in [2.45, 2.75) is 26.4 Å². The van der Waals surface area contributed by atoms with Crippen LogP contribution in [-0.2, 0) is 6.54 Å². The van der Waals surface area contributed by atoms with Crippen LogP contribution in [0.5, 0.6) is 11.5 Å². The summed E-state index contributed by atoms with van der Waals surface area (Å²) in [5.41, 5.74) is 4.16. The molecule has 0 saturated carbocycles. The van der Waals surface area contributed by atoms with Gasteiger partial charge in [0.25, 0.3) is 0 Å². The zero-order chi connectivity index (χ0) is 16.8. The van der Waals surface area contributed by atoms with Gasteiger partial charge in [-0.1, -0.05) is 12.1 Å². The summed E-state index contributed by atoms with van der Waals surface area (Å²) in [6, 6.07) is 13.9. The van der Waals surface area contributed by atoms with Crippen LogP contribution in [0.25, 0.3) is 0 Å². The Hall–Kier alpha value is -2.51. The van der Waals surface area contributed by atoms with E-state index in [4.69, 9.17) is 14.7 Å². The monoisotopic (exact) mass is 310 g/mol. The van der Waals surface area contributed by atoms with Crippen LogP contribution in [0.15, 0.2) is 36.4 Å². The standard InChI is InChI=1S/C19H22N2O2/c1-13-9-18(22-3)19(23-4)10-17(13)14(2)21-12-16-7-5-15(11-20)6-8-16/h5-10,14,21H,12H2,1-4H3/t14-/m1/s1. The summed E-state index contributed by atoms with van der Waals surface area (Å²) in [5, 5.41) is 12.3. The van der Waals surface area contributed by atoms with Crippen LogP contribution in [0.2, 0.25) is 0 Å². The third-order valence-corrected chi connectivity index (χ3v) is 3.93. The minimum absolute atomic E-state index is 0.172. The van der Waals surface area contributed by atoms with Gasteiger partial charge >= 0.3 is 0 Å². The summed E-state index contributed by atoms with van der Waals surface area (Å²) in [7, 11) is 3.29. The number of nitrogens with zero attached hydrogens (tertiary/aromatic N) is 1. The van der Waals surface area contributed by atoms with Gasteiger partial charge in [-0.25, -0.2) is 0 Å². The molecule has 0 spiro atoms. The van der Waals surface area contributed by atoms with Crippen molar-refractivity contribution >= 4 is 0 Å². The van der Waals surface area contributed by atoms with Gasteiger partial charge in [0, 0.05) is 12.6 Å². The topological polar surface area (TPSA) is 54.3 Å². The van der Waals surface area contributed by atoms with E-state index < -0.39 is 0 Å². The highest BCUT2D eigenvalue weighted by atomic mass is 16.5. The van der Waals surface area contributed by atoms with Gasteiger partial charge in [-0.3, -0.25) is 0 Å². The van der Waals surface area contributed by atoms with Gasteiger partial charge in [0.2, 0.25) is 0 Å². The summed E-state index contributed by atoms with van der Waals surface area (Å²) < 4.78 is 10.7. The van der Waals surface area contributed by atoms with Crippen molar-refractivity contribution in [2.24, 2.45) is 0 Å². The Morgan fingerprint density at radius 3 is 2.26 bits per heavy atom. The third-order valence-electron chi connectivity index (χ3n) is 3.93. The molecular weight excluding hydrogens is 288 g/mol. The molecule has 0 saturated heterocycles. The van der Waals surface area contributed by atoms with Crippen molar-refractivity contribution in [1.82, 2.24) is 5.32 Å². The van der Waals surface area contributed by atoms with Gasteiger partial charge in [-0.05, 0) is 54.8 Å². The Labute approximate surface area is 137 Å². The molecule has 0 amide bonds. The molecule has 0 unspecified atom stereocenters. The zero-order valence-corrected chi connectivity index (χ0v) is 14.0. The largest absolute Gasteiger partial charge is 0.493 e. The van der Waals surface area contributed by atoms with Crippen molar-refractivity contribution in [2.75, 3.05) is 14.2 Å². The molecule has 0 aliphatic rings. The average Bonchev–Trinajstić information content (AvgIpc) is 2.59. The SMILES string of the molecule is COc1cc(C)c([C@@H](C)NCc2ccc(C#N)cc2)cc1OC. The lowest BCUT2D eigenvalue weighted by molar-refractivity contribution is 0.353. The Balaban J connectivity index is 2.10. The molecule has 2 rings (SSSR count). The molecule has 1 N–H and O–H groups in total. The number of rotatable bonds is 6. The smallest absolute Gasteiger partial charge is 0.161 e. The Bertz CT molecular complexity index is 703. The van der Waals surface area contributed by atoms with Gasteiger partial charge in [0.05, 0.1) is 25.9 Å². The number of aryl methyl sites for hydroxylation is 1. The highest BCUT2D eigenvalue weighted by Crippen LogP contribution is 2.32. The van der Waals surface area contributed by atoms with Crippen molar-refractivity contribution in [1.29, 1.82) is 5.26 Å². The molecule has 0 aliphatic carbocycles. The van der Waals surface area contributed by atoms with Gasteiger partial charge in [0.15, 0.2) is 11.5 Å². The minimum Gasteiger partial charge on any atom is -0.493 e. The fourth-order valence-corrected chi connectivity index (χ4v) is 2.54. The molecule has 0 bridgehead atoms. The molecule has 0 aliphatic heterocycles. The number of benzene rings is 2. The molecule has 23 heavy (non-hydrogen) atoms. The number of nitrogens with one attached hydrogen (secondary N) is 1. The number of ether oxygens (including phenoxy) is 2. The minimum atomic E-state index is 0.172. The van der Waals surface area contributed by atoms with E-state index >= 15 is 0 Å². The summed E-state index contributed by atoms with van der Waals surface area (Å²) >= 11 is 0. The number of nitriles is 1. The van der Waals surface area contributed by atoms with Crippen LogP contribution in [0, 0.1) is 18.3 Å². The summed E-state index contributed by atoms with van der Waals surface area (Å²) in [6.07, 6.45) is 0. The van der Waals surface area contributed by atoms with E-state index in [1.807, 2.05) is 36.4 Å². The molecule has 120 valence electrons. The van der Waals surface area contributed by atoms with Crippen molar-refractivity contribution in [3.8, 4) is 17.6 Å². The maximum Gasteiger partial charge on any atom is 0.161 e. The van der Waals surface area contributed by atoms with E-state index in [0.717, 1.165) is 29.2 Å². The van der Waals surface area contributed by atoms with Crippen LogP contribution < -0.4 is 14.8 Å². The molecule has 4 heteroatoms. The van der Waals surface area contributed by atoms with Crippen LogP contribution in [0.4, 0.5) is 0 Å². The molecular formula is C19H22N2O2. The second-order valence-corrected chi connectivity index (χ2v) is 5.48. The molecule has 0 heterocycles. The third kappa shape index (κ3) is 4.02. The number of methoxy groups -OCH3 is 2. The lowest BCUT2D eigenvalue weighted by Crippen LogP contribution is -2.19. The van der Waals surface area contributed by atoms with Gasteiger partial charge in [-0.15, -0.1) is 0 Å². The van der Waals surface area contributed by atoms with Gasteiger partial charge in [-0.2, -0.15) is 5.26 Å². The molecule has 2 aromatic carbocycles. The first kappa shape index (κ1) is 16.9. The first-order valence-electron chi connectivity index (χ1n) is 7.54. The van der Waals surface area contributed by atoms with Crippen LogP contribution in [-0.4, -0.2) is 14.2 Å². The molecule has 0 radical (unpaired) electrons. The lowest BCUT2D eigenvalue weighted by Gasteiger charge is -2.19. The molecule has 4 nitrogen and oxygen atoms in total.